The topological polar surface area (TPSA) is 76.4 Å². The zero-order chi connectivity index (χ0) is 14.7. The largest absolute Gasteiger partial charge is 0.465 e. The van der Waals surface area contributed by atoms with Gasteiger partial charge >= 0.3 is 5.97 Å². The van der Waals surface area contributed by atoms with E-state index in [0.29, 0.717) is 28.8 Å². The summed E-state index contributed by atoms with van der Waals surface area (Å²) in [5.41, 5.74) is 7.00. The number of piperidine rings is 1. The highest BCUT2D eigenvalue weighted by Crippen LogP contribution is 2.30. The lowest BCUT2D eigenvalue weighted by Gasteiger charge is -2.29. The van der Waals surface area contributed by atoms with Crippen LogP contribution in [0.15, 0.2) is 16.6 Å². The predicted molar refractivity (Wildman–Crippen MR) is 79.7 cm³/mol. The van der Waals surface area contributed by atoms with E-state index in [-0.39, 0.29) is 11.6 Å². The molecule has 1 aromatic carbocycles. The van der Waals surface area contributed by atoms with Gasteiger partial charge in [-0.2, -0.15) is 0 Å². The molecule has 1 fully saturated rings. The van der Waals surface area contributed by atoms with Crippen LogP contribution in [-0.2, 0) is 4.74 Å². The lowest BCUT2D eigenvalue weighted by molar-refractivity contribution is 0.0602. The van der Waals surface area contributed by atoms with Crippen molar-refractivity contribution in [2.24, 2.45) is 0 Å². The summed E-state index contributed by atoms with van der Waals surface area (Å²) in [5, 5.41) is 6.11. The average Bonchev–Trinajstić information content (AvgIpc) is 2.43. The Balaban J connectivity index is 2.24. The van der Waals surface area contributed by atoms with Gasteiger partial charge in [-0.25, -0.2) is 9.18 Å². The Bertz CT molecular complexity index is 513. The summed E-state index contributed by atoms with van der Waals surface area (Å²) in [6.45, 7) is 1.09. The SMILES string of the molecule is COC(=O)c1cc(NC2CCNCC2F)c(Br)cc1N. The summed E-state index contributed by atoms with van der Waals surface area (Å²) in [6, 6.07) is 2.91. The van der Waals surface area contributed by atoms with E-state index in [0.717, 1.165) is 6.54 Å². The number of benzene rings is 1. The first-order valence-corrected chi connectivity index (χ1v) is 7.11. The number of carbonyl (C=O) groups excluding carboxylic acids is 1. The van der Waals surface area contributed by atoms with Crippen LogP contribution < -0.4 is 16.4 Å². The number of nitrogens with two attached hydrogens (primary N) is 1. The number of rotatable bonds is 3. The summed E-state index contributed by atoms with van der Waals surface area (Å²) >= 11 is 3.37. The van der Waals surface area contributed by atoms with Gasteiger partial charge in [0.2, 0.25) is 0 Å². The number of alkyl halides is 1. The zero-order valence-corrected chi connectivity index (χ0v) is 12.7. The molecule has 0 saturated carbocycles. The van der Waals surface area contributed by atoms with Gasteiger partial charge in [-0.3, -0.25) is 0 Å². The van der Waals surface area contributed by atoms with Gasteiger partial charge in [0, 0.05) is 22.4 Å². The van der Waals surface area contributed by atoms with E-state index in [4.69, 9.17) is 5.73 Å². The molecule has 4 N–H and O–H groups in total. The molecule has 20 heavy (non-hydrogen) atoms. The third kappa shape index (κ3) is 3.21. The van der Waals surface area contributed by atoms with Crippen molar-refractivity contribution in [3.05, 3.63) is 22.2 Å². The lowest BCUT2D eigenvalue weighted by atomic mass is 10.0. The molecule has 0 spiro atoms. The molecule has 0 bridgehead atoms. The fourth-order valence-electron chi connectivity index (χ4n) is 2.17. The van der Waals surface area contributed by atoms with Crippen LogP contribution in [0.4, 0.5) is 15.8 Å². The minimum atomic E-state index is -0.977. The molecule has 7 heteroatoms. The molecule has 0 aliphatic carbocycles. The van der Waals surface area contributed by atoms with E-state index < -0.39 is 12.1 Å². The Labute approximate surface area is 125 Å². The third-order valence-corrected chi connectivity index (χ3v) is 3.95. The molecule has 0 aromatic heterocycles. The van der Waals surface area contributed by atoms with Gasteiger partial charge in [-0.15, -0.1) is 0 Å². The first-order chi connectivity index (χ1) is 9.52. The van der Waals surface area contributed by atoms with Crippen molar-refractivity contribution in [1.29, 1.82) is 0 Å². The van der Waals surface area contributed by atoms with Crippen molar-refractivity contribution in [1.82, 2.24) is 5.32 Å². The van der Waals surface area contributed by atoms with Gasteiger partial charge in [0.15, 0.2) is 0 Å². The Hall–Kier alpha value is -1.34. The number of nitrogen functional groups attached to an aromatic ring is 1. The molecule has 2 unspecified atom stereocenters. The first-order valence-electron chi connectivity index (χ1n) is 6.31. The summed E-state index contributed by atoms with van der Waals surface area (Å²) in [7, 11) is 1.29. The summed E-state index contributed by atoms with van der Waals surface area (Å²) in [5.74, 6) is -0.514. The average molecular weight is 346 g/mol. The van der Waals surface area contributed by atoms with Gasteiger partial charge in [0.25, 0.3) is 0 Å². The number of hydrogen-bond donors (Lipinski definition) is 3. The van der Waals surface area contributed by atoms with Gasteiger partial charge in [0.05, 0.1) is 18.7 Å². The fraction of sp³-hybridized carbons (Fsp3) is 0.462. The van der Waals surface area contributed by atoms with Crippen LogP contribution in [0.3, 0.4) is 0 Å². The predicted octanol–water partition coefficient (Wildman–Crippen LogP) is 1.93. The Morgan fingerprint density at radius 2 is 2.35 bits per heavy atom. The number of ether oxygens (including phenoxy) is 1. The second kappa shape index (κ2) is 6.41. The molecule has 1 aliphatic heterocycles. The minimum Gasteiger partial charge on any atom is -0.465 e. The quantitative estimate of drug-likeness (QED) is 0.576. The second-order valence-electron chi connectivity index (χ2n) is 4.67. The molecule has 2 rings (SSSR count). The van der Waals surface area contributed by atoms with Crippen molar-refractivity contribution in [3.63, 3.8) is 0 Å². The lowest BCUT2D eigenvalue weighted by Crippen LogP contribution is -2.45. The number of nitrogens with one attached hydrogen (secondary N) is 2. The summed E-state index contributed by atoms with van der Waals surface area (Å²) < 4.78 is 19.2. The number of hydrogen-bond acceptors (Lipinski definition) is 5. The molecule has 110 valence electrons. The van der Waals surface area contributed by atoms with Crippen LogP contribution in [0.5, 0.6) is 0 Å². The van der Waals surface area contributed by atoms with E-state index in [2.05, 4.69) is 31.3 Å². The fourth-order valence-corrected chi connectivity index (χ4v) is 2.64. The third-order valence-electron chi connectivity index (χ3n) is 3.29. The van der Waals surface area contributed by atoms with Crippen molar-refractivity contribution in [2.75, 3.05) is 31.2 Å². The van der Waals surface area contributed by atoms with Crippen LogP contribution >= 0.6 is 15.9 Å². The van der Waals surface area contributed by atoms with E-state index in [1.165, 1.54) is 7.11 Å². The second-order valence-corrected chi connectivity index (χ2v) is 5.52. The molecule has 1 heterocycles. The molecular formula is C13H17BrFN3O2. The Morgan fingerprint density at radius 1 is 1.60 bits per heavy atom. The van der Waals surface area contributed by atoms with E-state index >= 15 is 0 Å². The van der Waals surface area contributed by atoms with Crippen molar-refractivity contribution in [2.45, 2.75) is 18.6 Å². The van der Waals surface area contributed by atoms with Gasteiger partial charge < -0.3 is 21.1 Å². The normalized spacial score (nSPS) is 22.4. The summed E-state index contributed by atoms with van der Waals surface area (Å²) in [4.78, 5) is 11.6. The van der Waals surface area contributed by atoms with Gasteiger partial charge in [-0.1, -0.05) is 0 Å². The first kappa shape index (κ1) is 15.1. The number of methoxy groups -OCH3 is 1. The standard InChI is InChI=1S/C13H17BrFN3O2/c1-20-13(19)7-4-12(8(14)5-10(7)16)18-11-2-3-17-6-9(11)15/h4-5,9,11,17-18H,2-3,6,16H2,1H3. The number of halogens is 2. The molecule has 1 aromatic rings. The Morgan fingerprint density at radius 3 is 3.00 bits per heavy atom. The maximum atomic E-state index is 13.8. The van der Waals surface area contributed by atoms with Crippen LogP contribution in [0.25, 0.3) is 0 Å². The number of carbonyl (C=O) groups is 1. The van der Waals surface area contributed by atoms with Crippen molar-refractivity contribution >= 4 is 33.3 Å². The highest BCUT2D eigenvalue weighted by molar-refractivity contribution is 9.10. The smallest absolute Gasteiger partial charge is 0.340 e. The molecule has 2 atom stereocenters. The maximum absolute atomic E-state index is 13.8. The van der Waals surface area contributed by atoms with Crippen LogP contribution in [0, 0.1) is 0 Å². The molecule has 0 radical (unpaired) electrons. The van der Waals surface area contributed by atoms with Crippen molar-refractivity contribution in [3.8, 4) is 0 Å². The molecular weight excluding hydrogens is 329 g/mol. The van der Waals surface area contributed by atoms with E-state index in [9.17, 15) is 9.18 Å². The monoisotopic (exact) mass is 345 g/mol. The molecule has 0 amide bonds. The van der Waals surface area contributed by atoms with Crippen LogP contribution in [0.2, 0.25) is 0 Å². The molecule has 5 nitrogen and oxygen atoms in total. The Kier molecular flexibility index (Phi) is 4.82. The van der Waals surface area contributed by atoms with Gasteiger partial charge in [0.1, 0.15) is 6.17 Å². The minimum absolute atomic E-state index is 0.266. The van der Waals surface area contributed by atoms with E-state index in [1.54, 1.807) is 12.1 Å². The van der Waals surface area contributed by atoms with Crippen LogP contribution in [0.1, 0.15) is 16.8 Å². The van der Waals surface area contributed by atoms with E-state index in [1.807, 2.05) is 0 Å². The zero-order valence-electron chi connectivity index (χ0n) is 11.1. The van der Waals surface area contributed by atoms with Crippen LogP contribution in [-0.4, -0.2) is 38.4 Å². The molecule has 1 aliphatic rings. The highest BCUT2D eigenvalue weighted by atomic mass is 79.9. The maximum Gasteiger partial charge on any atom is 0.340 e. The summed E-state index contributed by atoms with van der Waals surface area (Å²) in [6.07, 6.45) is -0.305. The highest BCUT2D eigenvalue weighted by Gasteiger charge is 2.25. The number of esters is 1. The van der Waals surface area contributed by atoms with Gasteiger partial charge in [-0.05, 0) is 41.0 Å². The van der Waals surface area contributed by atoms with Crippen molar-refractivity contribution < 1.29 is 13.9 Å². The number of anilines is 2. The molecule has 1 saturated heterocycles.